The van der Waals surface area contributed by atoms with Crippen molar-refractivity contribution in [3.63, 3.8) is 0 Å². The van der Waals surface area contributed by atoms with E-state index in [1.165, 1.54) is 18.7 Å². The number of hydrogen-bond acceptors (Lipinski definition) is 5. The molecule has 1 aliphatic heterocycles. The zero-order valence-corrected chi connectivity index (χ0v) is 12.3. The highest BCUT2D eigenvalue weighted by atomic mass is 16.3. The molecule has 1 aliphatic rings. The van der Waals surface area contributed by atoms with Crippen molar-refractivity contribution >= 4 is 25.2 Å². The lowest BCUT2D eigenvalue weighted by molar-refractivity contribution is -0.135. The molecule has 1 rings (SSSR count). The second-order valence-electron chi connectivity index (χ2n) is 5.20. The van der Waals surface area contributed by atoms with Gasteiger partial charge in [0, 0.05) is 19.4 Å². The van der Waals surface area contributed by atoms with Crippen molar-refractivity contribution in [2.24, 2.45) is 0 Å². The molecular weight excluding hydrogens is 277 g/mol. The van der Waals surface area contributed by atoms with Crippen molar-refractivity contribution in [3.8, 4) is 0 Å². The molecule has 3 amide bonds. The van der Waals surface area contributed by atoms with Gasteiger partial charge in [-0.05, 0) is 19.8 Å². The van der Waals surface area contributed by atoms with Gasteiger partial charge in [0.05, 0.1) is 12.6 Å². The van der Waals surface area contributed by atoms with Gasteiger partial charge in [-0.1, -0.05) is 0 Å². The molecule has 118 valence electrons. The third-order valence-electron chi connectivity index (χ3n) is 3.45. The van der Waals surface area contributed by atoms with Gasteiger partial charge in [0.15, 0.2) is 0 Å². The van der Waals surface area contributed by atoms with E-state index < -0.39 is 24.0 Å². The van der Waals surface area contributed by atoms with Crippen LogP contribution in [0.5, 0.6) is 0 Å². The Morgan fingerprint density at radius 3 is 2.62 bits per heavy atom. The first-order valence-electron chi connectivity index (χ1n) is 7.00. The van der Waals surface area contributed by atoms with Crippen LogP contribution in [0.1, 0.15) is 26.7 Å². The first-order valence-corrected chi connectivity index (χ1v) is 7.00. The van der Waals surface area contributed by atoms with E-state index in [2.05, 4.69) is 10.6 Å². The number of amides is 3. The highest BCUT2D eigenvalue weighted by Gasteiger charge is 2.30. The molecular formula is C12H22BN3O5. The number of nitrogens with one attached hydrogen (secondary N) is 2. The van der Waals surface area contributed by atoms with Gasteiger partial charge in [-0.2, -0.15) is 0 Å². The van der Waals surface area contributed by atoms with Gasteiger partial charge in [-0.15, -0.1) is 0 Å². The maximum Gasteiger partial charge on any atom is 0.293 e. The van der Waals surface area contributed by atoms with Crippen LogP contribution in [0.4, 0.5) is 0 Å². The molecule has 0 aromatic carbocycles. The van der Waals surface area contributed by atoms with Crippen LogP contribution in [0.25, 0.3) is 0 Å². The second-order valence-corrected chi connectivity index (χ2v) is 5.20. The second kappa shape index (κ2) is 7.99. The minimum Gasteiger partial charge on any atom is -0.452 e. The standard InChI is InChI=1S/C12H22BN3O5/c1-7(17)11(15-8(2)18)12(20)14-6-10(19)16-5-3-4-9(16)13-21/h7,9,11,13,17,21H,3-6H2,1-2H3,(H,14,20)(H,15,18). The topological polar surface area (TPSA) is 119 Å². The number of aliphatic hydroxyl groups excluding tert-OH is 1. The molecule has 1 heterocycles. The fraction of sp³-hybridized carbons (Fsp3) is 0.750. The summed E-state index contributed by atoms with van der Waals surface area (Å²) < 4.78 is 0. The van der Waals surface area contributed by atoms with Crippen LogP contribution in [0.3, 0.4) is 0 Å². The van der Waals surface area contributed by atoms with E-state index in [0.29, 0.717) is 6.54 Å². The molecule has 0 aromatic rings. The van der Waals surface area contributed by atoms with Crippen molar-refractivity contribution in [2.75, 3.05) is 13.1 Å². The first kappa shape index (κ1) is 17.4. The van der Waals surface area contributed by atoms with Crippen molar-refractivity contribution in [3.05, 3.63) is 0 Å². The summed E-state index contributed by atoms with van der Waals surface area (Å²) in [5, 5.41) is 23.4. The quantitative estimate of drug-likeness (QED) is 0.397. The van der Waals surface area contributed by atoms with E-state index in [1.807, 2.05) is 0 Å². The monoisotopic (exact) mass is 299 g/mol. The number of carbonyl (C=O) groups excluding carboxylic acids is 3. The van der Waals surface area contributed by atoms with Gasteiger partial charge in [0.2, 0.25) is 17.7 Å². The van der Waals surface area contributed by atoms with Gasteiger partial charge in [-0.3, -0.25) is 14.4 Å². The van der Waals surface area contributed by atoms with Gasteiger partial charge < -0.3 is 25.7 Å². The van der Waals surface area contributed by atoms with Crippen molar-refractivity contribution in [1.29, 1.82) is 0 Å². The number of nitrogens with zero attached hydrogens (tertiary/aromatic N) is 1. The number of carbonyl (C=O) groups is 3. The van der Waals surface area contributed by atoms with Crippen molar-refractivity contribution < 1.29 is 24.5 Å². The summed E-state index contributed by atoms with van der Waals surface area (Å²) in [5.74, 6) is -1.54. The largest absolute Gasteiger partial charge is 0.452 e. The normalized spacial score (nSPS) is 20.6. The van der Waals surface area contributed by atoms with Crippen LogP contribution >= 0.6 is 0 Å². The zero-order valence-electron chi connectivity index (χ0n) is 12.3. The molecule has 8 nitrogen and oxygen atoms in total. The predicted molar refractivity (Wildman–Crippen MR) is 76.4 cm³/mol. The van der Waals surface area contributed by atoms with Gasteiger partial charge in [0.1, 0.15) is 6.04 Å². The molecule has 9 heteroatoms. The van der Waals surface area contributed by atoms with E-state index >= 15 is 0 Å². The molecule has 4 N–H and O–H groups in total. The Kier molecular flexibility index (Phi) is 6.64. The molecule has 0 radical (unpaired) electrons. The Balaban J connectivity index is 2.50. The molecule has 0 aliphatic carbocycles. The van der Waals surface area contributed by atoms with Crippen LogP contribution in [-0.4, -0.2) is 71.4 Å². The molecule has 3 atom stereocenters. The average molecular weight is 299 g/mol. The predicted octanol–water partition coefficient (Wildman–Crippen LogP) is -2.72. The van der Waals surface area contributed by atoms with E-state index in [9.17, 15) is 19.5 Å². The number of likely N-dealkylation sites (tertiary alicyclic amines) is 1. The number of aliphatic hydroxyl groups is 1. The van der Waals surface area contributed by atoms with Crippen molar-refractivity contribution in [1.82, 2.24) is 15.5 Å². The van der Waals surface area contributed by atoms with Crippen LogP contribution in [0.15, 0.2) is 0 Å². The van der Waals surface area contributed by atoms with E-state index in [4.69, 9.17) is 5.02 Å². The Morgan fingerprint density at radius 2 is 2.10 bits per heavy atom. The number of hydrogen-bond donors (Lipinski definition) is 4. The van der Waals surface area contributed by atoms with Crippen LogP contribution in [-0.2, 0) is 14.4 Å². The number of rotatable bonds is 6. The van der Waals surface area contributed by atoms with Gasteiger partial charge in [0.25, 0.3) is 7.48 Å². The summed E-state index contributed by atoms with van der Waals surface area (Å²) in [5.41, 5.74) is 0. The molecule has 0 bridgehead atoms. The highest BCUT2D eigenvalue weighted by molar-refractivity contribution is 6.28. The molecule has 0 aromatic heterocycles. The first-order chi connectivity index (χ1) is 9.86. The fourth-order valence-corrected chi connectivity index (χ4v) is 2.35. The SMILES string of the molecule is CC(=O)NC(C(=O)NCC(=O)N1CCCC1BO)C(C)O. The summed E-state index contributed by atoms with van der Waals surface area (Å²) in [7, 11) is -0.0954. The zero-order chi connectivity index (χ0) is 16.0. The molecule has 0 saturated carbocycles. The lowest BCUT2D eigenvalue weighted by atomic mass is 9.86. The Bertz CT molecular complexity index is 404. The third-order valence-corrected chi connectivity index (χ3v) is 3.45. The summed E-state index contributed by atoms with van der Waals surface area (Å²) in [6.45, 7) is 2.96. The summed E-state index contributed by atoms with van der Waals surface area (Å²) >= 11 is 0. The molecule has 1 saturated heterocycles. The van der Waals surface area contributed by atoms with Gasteiger partial charge >= 0.3 is 0 Å². The lowest BCUT2D eigenvalue weighted by Crippen LogP contribution is -2.54. The smallest absolute Gasteiger partial charge is 0.293 e. The minimum atomic E-state index is -1.09. The highest BCUT2D eigenvalue weighted by Crippen LogP contribution is 2.15. The van der Waals surface area contributed by atoms with Crippen LogP contribution in [0.2, 0.25) is 0 Å². The van der Waals surface area contributed by atoms with Crippen LogP contribution < -0.4 is 10.6 Å². The minimum absolute atomic E-state index is 0.0954. The third kappa shape index (κ3) is 5.02. The summed E-state index contributed by atoms with van der Waals surface area (Å²) in [6.07, 6.45) is 0.506. The maximum absolute atomic E-state index is 12.0. The molecule has 1 fully saturated rings. The average Bonchev–Trinajstić information content (AvgIpc) is 2.89. The molecule has 0 spiro atoms. The van der Waals surface area contributed by atoms with E-state index in [1.54, 1.807) is 0 Å². The van der Waals surface area contributed by atoms with Crippen LogP contribution in [0, 0.1) is 0 Å². The summed E-state index contributed by atoms with van der Waals surface area (Å²) in [6, 6.07) is -1.09. The Labute approximate surface area is 124 Å². The Morgan fingerprint density at radius 1 is 1.43 bits per heavy atom. The fourth-order valence-electron chi connectivity index (χ4n) is 2.35. The molecule has 21 heavy (non-hydrogen) atoms. The summed E-state index contributed by atoms with van der Waals surface area (Å²) in [4.78, 5) is 36.4. The van der Waals surface area contributed by atoms with E-state index in [0.717, 1.165) is 12.8 Å². The van der Waals surface area contributed by atoms with Crippen molar-refractivity contribution in [2.45, 2.75) is 44.8 Å². The maximum atomic E-state index is 12.0. The van der Waals surface area contributed by atoms with E-state index in [-0.39, 0.29) is 25.9 Å². The molecule has 3 unspecified atom stereocenters. The Hall–Kier alpha value is -1.61. The van der Waals surface area contributed by atoms with Gasteiger partial charge in [-0.25, -0.2) is 0 Å². The lowest BCUT2D eigenvalue weighted by Gasteiger charge is -2.24.